The molecule has 1 aliphatic rings. The molecule has 8 heteroatoms. The molecule has 1 aliphatic carbocycles. The molecule has 2 aromatic rings. The first kappa shape index (κ1) is 29.0. The lowest BCUT2D eigenvalue weighted by Crippen LogP contribution is -2.55. The maximum Gasteiger partial charge on any atom is 0.408 e. The van der Waals surface area contributed by atoms with Gasteiger partial charge in [0.15, 0.2) is 0 Å². The molecule has 2 aromatic carbocycles. The Morgan fingerprint density at radius 1 is 1.05 bits per heavy atom. The number of rotatable bonds is 9. The molecule has 1 saturated carbocycles. The number of phenolic OH excluding ortho intramolecular Hbond substituents is 1. The van der Waals surface area contributed by atoms with Crippen LogP contribution in [0.25, 0.3) is 0 Å². The molecule has 8 nitrogen and oxygen atoms in total. The quantitative estimate of drug-likeness (QED) is 0.444. The van der Waals surface area contributed by atoms with Gasteiger partial charge in [0.25, 0.3) is 0 Å². The minimum Gasteiger partial charge on any atom is -0.508 e. The van der Waals surface area contributed by atoms with Crippen molar-refractivity contribution >= 4 is 17.9 Å². The van der Waals surface area contributed by atoms with Crippen molar-refractivity contribution in [2.45, 2.75) is 91.1 Å². The summed E-state index contributed by atoms with van der Waals surface area (Å²) < 4.78 is 5.48. The van der Waals surface area contributed by atoms with E-state index >= 15 is 0 Å². The van der Waals surface area contributed by atoms with E-state index < -0.39 is 23.8 Å². The van der Waals surface area contributed by atoms with Gasteiger partial charge in [-0.25, -0.2) is 4.79 Å². The fraction of sp³-hybridized carbons (Fsp3) is 0.500. The average Bonchev–Trinajstić information content (AvgIpc) is 3.52. The molecule has 0 aromatic heterocycles. The zero-order valence-corrected chi connectivity index (χ0v) is 23.4. The van der Waals surface area contributed by atoms with Gasteiger partial charge in [0.2, 0.25) is 11.8 Å². The number of hydrogen-bond donors (Lipinski definition) is 3. The summed E-state index contributed by atoms with van der Waals surface area (Å²) in [5, 5.41) is 15.5. The summed E-state index contributed by atoms with van der Waals surface area (Å²) >= 11 is 0. The van der Waals surface area contributed by atoms with Crippen LogP contribution in [-0.4, -0.2) is 51.6 Å². The van der Waals surface area contributed by atoms with Gasteiger partial charge in [-0.2, -0.15) is 0 Å². The van der Waals surface area contributed by atoms with E-state index in [1.807, 2.05) is 45.0 Å². The molecule has 3 amide bonds. The number of carbonyl (C=O) groups excluding carboxylic acids is 3. The van der Waals surface area contributed by atoms with Crippen LogP contribution in [0.4, 0.5) is 4.79 Å². The monoisotopic (exact) mass is 523 g/mol. The summed E-state index contributed by atoms with van der Waals surface area (Å²) in [5.74, 6) is -0.295. The molecular weight excluding hydrogens is 482 g/mol. The molecule has 0 bridgehead atoms. The number of phenols is 1. The SMILES string of the molecule is Cc1ccccc1C(C(=O)NC(C)C)N(C(=O)C(Cc1ccc(O)cc1)NC(=O)OC(C)(C)C)C1CC1C. The maximum absolute atomic E-state index is 14.4. The Morgan fingerprint density at radius 2 is 1.66 bits per heavy atom. The van der Waals surface area contributed by atoms with Crippen LogP contribution >= 0.6 is 0 Å². The third kappa shape index (κ3) is 7.73. The fourth-order valence-corrected chi connectivity index (χ4v) is 4.54. The number of ether oxygens (including phenoxy) is 1. The Kier molecular flexibility index (Phi) is 9.07. The first-order valence-electron chi connectivity index (χ1n) is 13.2. The average molecular weight is 524 g/mol. The highest BCUT2D eigenvalue weighted by atomic mass is 16.6. The third-order valence-electron chi connectivity index (χ3n) is 6.48. The number of aryl methyl sites for hydroxylation is 1. The largest absolute Gasteiger partial charge is 0.508 e. The smallest absolute Gasteiger partial charge is 0.408 e. The zero-order chi connectivity index (χ0) is 28.2. The summed E-state index contributed by atoms with van der Waals surface area (Å²) in [5.41, 5.74) is 1.65. The molecule has 4 unspecified atom stereocenters. The van der Waals surface area contributed by atoms with Crippen LogP contribution in [0.15, 0.2) is 48.5 Å². The topological polar surface area (TPSA) is 108 Å². The van der Waals surface area contributed by atoms with Crippen LogP contribution in [0.5, 0.6) is 5.75 Å². The predicted molar refractivity (Wildman–Crippen MR) is 147 cm³/mol. The van der Waals surface area contributed by atoms with E-state index in [9.17, 15) is 19.5 Å². The van der Waals surface area contributed by atoms with Gasteiger partial charge in [0.1, 0.15) is 23.4 Å². The lowest BCUT2D eigenvalue weighted by atomic mass is 9.96. The van der Waals surface area contributed by atoms with Crippen molar-refractivity contribution < 1.29 is 24.2 Å². The van der Waals surface area contributed by atoms with Gasteiger partial charge in [-0.15, -0.1) is 0 Å². The highest BCUT2D eigenvalue weighted by Gasteiger charge is 2.48. The van der Waals surface area contributed by atoms with Gasteiger partial charge in [-0.05, 0) is 82.7 Å². The van der Waals surface area contributed by atoms with Crippen molar-refractivity contribution in [3.8, 4) is 5.75 Å². The summed E-state index contributed by atoms with van der Waals surface area (Å²) in [4.78, 5) is 42.6. The van der Waals surface area contributed by atoms with Crippen LogP contribution in [-0.2, 0) is 20.7 Å². The standard InChI is InChI=1S/C30H41N3O5/c1-18(2)31-27(35)26(23-11-9-8-10-19(23)3)33(25-16-20(25)4)28(36)24(32-29(37)38-30(5,6)7)17-21-12-14-22(34)15-13-21/h8-15,18,20,24-26,34H,16-17H2,1-7H3,(H,31,35)(H,32,37). The molecule has 0 aliphatic heterocycles. The van der Waals surface area contributed by atoms with Crippen LogP contribution in [0.2, 0.25) is 0 Å². The molecule has 0 radical (unpaired) electrons. The van der Waals surface area contributed by atoms with Gasteiger partial charge < -0.3 is 25.4 Å². The highest BCUT2D eigenvalue weighted by Crippen LogP contribution is 2.41. The molecule has 38 heavy (non-hydrogen) atoms. The molecule has 0 heterocycles. The predicted octanol–water partition coefficient (Wildman–Crippen LogP) is 4.64. The van der Waals surface area contributed by atoms with Crippen LogP contribution in [0, 0.1) is 12.8 Å². The number of aromatic hydroxyl groups is 1. The summed E-state index contributed by atoms with van der Waals surface area (Å²) in [6.45, 7) is 13.0. The molecule has 206 valence electrons. The van der Waals surface area contributed by atoms with E-state index in [0.29, 0.717) is 0 Å². The normalized spacial score (nSPS) is 18.3. The number of amides is 3. The second kappa shape index (κ2) is 11.9. The van der Waals surface area contributed by atoms with Crippen molar-refractivity contribution in [2.24, 2.45) is 5.92 Å². The molecule has 0 spiro atoms. The van der Waals surface area contributed by atoms with Gasteiger partial charge in [-0.1, -0.05) is 43.3 Å². The first-order chi connectivity index (χ1) is 17.8. The number of nitrogens with zero attached hydrogens (tertiary/aromatic N) is 1. The Hall–Kier alpha value is -3.55. The van der Waals surface area contributed by atoms with Crippen molar-refractivity contribution in [1.82, 2.24) is 15.5 Å². The van der Waals surface area contributed by atoms with E-state index in [1.165, 1.54) is 12.1 Å². The summed E-state index contributed by atoms with van der Waals surface area (Å²) in [6, 6.07) is 12.0. The number of hydrogen-bond acceptors (Lipinski definition) is 5. The minimum atomic E-state index is -0.986. The van der Waals surface area contributed by atoms with Gasteiger partial charge in [-0.3, -0.25) is 9.59 Å². The van der Waals surface area contributed by atoms with Gasteiger partial charge >= 0.3 is 6.09 Å². The molecule has 1 fully saturated rings. The fourth-order valence-electron chi connectivity index (χ4n) is 4.54. The molecule has 0 saturated heterocycles. The Bertz CT molecular complexity index is 1140. The highest BCUT2D eigenvalue weighted by molar-refractivity contribution is 5.93. The number of nitrogens with one attached hydrogen (secondary N) is 2. The van der Waals surface area contributed by atoms with E-state index in [4.69, 9.17) is 4.74 Å². The third-order valence-corrected chi connectivity index (χ3v) is 6.48. The van der Waals surface area contributed by atoms with Crippen molar-refractivity contribution in [3.63, 3.8) is 0 Å². The second-order valence-corrected chi connectivity index (χ2v) is 11.5. The van der Waals surface area contributed by atoms with E-state index in [2.05, 4.69) is 17.6 Å². The lowest BCUT2D eigenvalue weighted by molar-refractivity contribution is -0.143. The minimum absolute atomic E-state index is 0.107. The molecule has 3 rings (SSSR count). The first-order valence-corrected chi connectivity index (χ1v) is 13.2. The van der Waals surface area contributed by atoms with Crippen molar-refractivity contribution in [2.75, 3.05) is 0 Å². The van der Waals surface area contributed by atoms with E-state index in [0.717, 1.165) is 23.1 Å². The van der Waals surface area contributed by atoms with Crippen molar-refractivity contribution in [1.29, 1.82) is 0 Å². The zero-order valence-electron chi connectivity index (χ0n) is 23.4. The Morgan fingerprint density at radius 3 is 2.18 bits per heavy atom. The Labute approximate surface area is 225 Å². The number of benzene rings is 2. The van der Waals surface area contributed by atoms with Gasteiger partial charge in [0.05, 0.1) is 0 Å². The number of alkyl carbamates (subject to hydrolysis) is 1. The molecule has 3 N–H and O–H groups in total. The van der Waals surface area contributed by atoms with Gasteiger partial charge in [0, 0.05) is 18.5 Å². The molecule has 4 atom stereocenters. The second-order valence-electron chi connectivity index (χ2n) is 11.5. The summed E-state index contributed by atoms with van der Waals surface area (Å²) in [7, 11) is 0. The van der Waals surface area contributed by atoms with Crippen LogP contribution in [0.3, 0.4) is 0 Å². The lowest BCUT2D eigenvalue weighted by Gasteiger charge is -2.36. The number of carbonyl (C=O) groups is 3. The maximum atomic E-state index is 14.4. The van der Waals surface area contributed by atoms with Crippen LogP contribution < -0.4 is 10.6 Å². The summed E-state index contributed by atoms with van der Waals surface area (Å²) in [6.07, 6.45) is 0.224. The Balaban J connectivity index is 2.05. The molecular formula is C30H41N3O5. The van der Waals surface area contributed by atoms with E-state index in [-0.39, 0.29) is 42.0 Å². The van der Waals surface area contributed by atoms with Crippen LogP contribution in [0.1, 0.15) is 70.7 Å². The van der Waals surface area contributed by atoms with Crippen molar-refractivity contribution in [3.05, 3.63) is 65.2 Å². The van der Waals surface area contributed by atoms with E-state index in [1.54, 1.807) is 37.8 Å².